The Morgan fingerprint density at radius 3 is 2.84 bits per heavy atom. The van der Waals surface area contributed by atoms with Crippen LogP contribution in [0.5, 0.6) is 0 Å². The number of rotatable bonds is 4. The predicted molar refractivity (Wildman–Crippen MR) is 85.6 cm³/mol. The lowest BCUT2D eigenvalue weighted by Crippen LogP contribution is -2.62. The fourth-order valence-corrected chi connectivity index (χ4v) is 4.60. The van der Waals surface area contributed by atoms with Crippen molar-refractivity contribution in [3.8, 4) is 0 Å². The molecule has 2 fully saturated rings. The van der Waals surface area contributed by atoms with E-state index in [9.17, 15) is 0 Å². The molecule has 2 atom stereocenters. The maximum absolute atomic E-state index is 3.79. The van der Waals surface area contributed by atoms with Crippen molar-refractivity contribution in [3.63, 3.8) is 0 Å². The van der Waals surface area contributed by atoms with Crippen LogP contribution in [0.15, 0.2) is 15.9 Å². The van der Waals surface area contributed by atoms with Gasteiger partial charge in [0, 0.05) is 36.1 Å². The predicted octanol–water partition coefficient (Wildman–Crippen LogP) is 3.86. The highest BCUT2D eigenvalue weighted by Crippen LogP contribution is 2.38. The van der Waals surface area contributed by atoms with Gasteiger partial charge in [0.1, 0.15) is 0 Å². The van der Waals surface area contributed by atoms with Gasteiger partial charge in [-0.2, -0.15) is 0 Å². The topological polar surface area (TPSA) is 15.3 Å². The zero-order valence-corrected chi connectivity index (χ0v) is 14.2. The van der Waals surface area contributed by atoms with Gasteiger partial charge in [-0.25, -0.2) is 0 Å². The first kappa shape index (κ1) is 14.1. The third kappa shape index (κ3) is 3.23. The third-order valence-corrected chi connectivity index (χ3v) is 6.30. The van der Waals surface area contributed by atoms with Crippen molar-refractivity contribution in [3.05, 3.63) is 20.8 Å². The summed E-state index contributed by atoms with van der Waals surface area (Å²) in [7, 11) is 0. The maximum atomic E-state index is 3.79. The molecule has 1 aromatic rings. The van der Waals surface area contributed by atoms with Crippen molar-refractivity contribution in [2.45, 2.75) is 51.2 Å². The van der Waals surface area contributed by atoms with Gasteiger partial charge in [-0.15, -0.1) is 11.3 Å². The number of hydrogen-bond acceptors (Lipinski definition) is 3. The molecule has 0 radical (unpaired) electrons. The molecule has 19 heavy (non-hydrogen) atoms. The van der Waals surface area contributed by atoms with Crippen molar-refractivity contribution in [2.24, 2.45) is 5.92 Å². The summed E-state index contributed by atoms with van der Waals surface area (Å²) in [5.41, 5.74) is 0.292. The van der Waals surface area contributed by atoms with Gasteiger partial charge in [0.15, 0.2) is 0 Å². The molecular weight excluding hydrogens is 320 g/mol. The first-order chi connectivity index (χ1) is 9.09. The molecule has 0 bridgehead atoms. The summed E-state index contributed by atoms with van der Waals surface area (Å²) in [5.74, 6) is 0.942. The van der Waals surface area contributed by atoms with E-state index in [1.807, 2.05) is 11.3 Å². The zero-order chi connectivity index (χ0) is 13.5. The number of thiophene rings is 1. The summed E-state index contributed by atoms with van der Waals surface area (Å²) < 4.78 is 1.25. The average Bonchev–Trinajstić information content (AvgIpc) is 3.14. The first-order valence-electron chi connectivity index (χ1n) is 7.33. The Morgan fingerprint density at radius 1 is 1.47 bits per heavy atom. The Labute approximate surface area is 128 Å². The van der Waals surface area contributed by atoms with Crippen molar-refractivity contribution >= 4 is 27.3 Å². The van der Waals surface area contributed by atoms with Crippen molar-refractivity contribution < 1.29 is 0 Å². The van der Waals surface area contributed by atoms with Crippen LogP contribution >= 0.6 is 27.3 Å². The lowest BCUT2D eigenvalue weighted by Gasteiger charge is -2.46. The van der Waals surface area contributed by atoms with Crippen LogP contribution < -0.4 is 5.32 Å². The van der Waals surface area contributed by atoms with Crippen LogP contribution in [0.4, 0.5) is 0 Å². The quantitative estimate of drug-likeness (QED) is 0.893. The highest BCUT2D eigenvalue weighted by atomic mass is 79.9. The smallest absolute Gasteiger partial charge is 0.0701 e. The van der Waals surface area contributed by atoms with Crippen LogP contribution in [-0.4, -0.2) is 29.6 Å². The molecule has 0 spiro atoms. The lowest BCUT2D eigenvalue weighted by atomic mass is 9.92. The third-order valence-electron chi connectivity index (χ3n) is 4.69. The standard InChI is InChI=1S/C15H23BrN2S/c1-3-15(2)10-18(9-12-6-7-14(16)19-12)13(8-17-15)11-4-5-11/h6-7,11,13,17H,3-5,8-10H2,1-2H3. The van der Waals surface area contributed by atoms with E-state index in [-0.39, 0.29) is 0 Å². The lowest BCUT2D eigenvalue weighted by molar-refractivity contribution is 0.0671. The molecule has 2 nitrogen and oxygen atoms in total. The number of nitrogens with zero attached hydrogens (tertiary/aromatic N) is 1. The summed E-state index contributed by atoms with van der Waals surface area (Å²) in [6.07, 6.45) is 4.06. The number of piperazine rings is 1. The zero-order valence-electron chi connectivity index (χ0n) is 11.8. The summed E-state index contributed by atoms with van der Waals surface area (Å²) in [5, 5.41) is 3.79. The van der Waals surface area contributed by atoms with Gasteiger partial charge in [-0.05, 0) is 60.2 Å². The van der Waals surface area contributed by atoms with E-state index >= 15 is 0 Å². The first-order valence-corrected chi connectivity index (χ1v) is 8.94. The summed E-state index contributed by atoms with van der Waals surface area (Å²) in [6.45, 7) is 8.13. The molecule has 106 valence electrons. The minimum absolute atomic E-state index is 0.292. The highest BCUT2D eigenvalue weighted by Gasteiger charge is 2.41. The molecule has 4 heteroatoms. The SMILES string of the molecule is CCC1(C)CN(Cc2ccc(Br)s2)C(C2CC2)CN1. The Bertz CT molecular complexity index is 443. The van der Waals surface area contributed by atoms with Gasteiger partial charge >= 0.3 is 0 Å². The van der Waals surface area contributed by atoms with Gasteiger partial charge < -0.3 is 5.32 Å². The van der Waals surface area contributed by atoms with Crippen LogP contribution in [-0.2, 0) is 6.54 Å². The molecule has 1 aromatic heterocycles. The van der Waals surface area contributed by atoms with Crippen molar-refractivity contribution in [1.29, 1.82) is 0 Å². The van der Waals surface area contributed by atoms with Crippen LogP contribution in [0.1, 0.15) is 38.0 Å². The normalized spacial score (nSPS) is 32.7. The fourth-order valence-electron chi connectivity index (χ4n) is 3.09. The van der Waals surface area contributed by atoms with Crippen LogP contribution in [0.25, 0.3) is 0 Å². The molecule has 1 saturated heterocycles. The van der Waals surface area contributed by atoms with E-state index in [0.29, 0.717) is 5.54 Å². The van der Waals surface area contributed by atoms with Gasteiger partial charge in [-0.1, -0.05) is 6.92 Å². The Hall–Kier alpha value is 0.1000. The molecule has 2 aliphatic rings. The monoisotopic (exact) mass is 342 g/mol. The molecule has 2 heterocycles. The van der Waals surface area contributed by atoms with E-state index in [4.69, 9.17) is 0 Å². The highest BCUT2D eigenvalue weighted by molar-refractivity contribution is 9.11. The Kier molecular flexibility index (Phi) is 4.05. The van der Waals surface area contributed by atoms with Gasteiger partial charge in [0.2, 0.25) is 0 Å². The Balaban J connectivity index is 1.73. The second-order valence-corrected chi connectivity index (χ2v) is 8.86. The fraction of sp³-hybridized carbons (Fsp3) is 0.733. The molecular formula is C15H23BrN2S. The van der Waals surface area contributed by atoms with Crippen LogP contribution in [0.2, 0.25) is 0 Å². The van der Waals surface area contributed by atoms with Gasteiger partial charge in [0.05, 0.1) is 3.79 Å². The molecule has 1 N–H and O–H groups in total. The molecule has 3 rings (SSSR count). The summed E-state index contributed by atoms with van der Waals surface area (Å²) in [4.78, 5) is 4.22. The summed E-state index contributed by atoms with van der Waals surface area (Å²) >= 11 is 5.45. The largest absolute Gasteiger partial charge is 0.309 e. The van der Waals surface area contributed by atoms with E-state index < -0.39 is 0 Å². The second kappa shape index (κ2) is 5.47. The van der Waals surface area contributed by atoms with Crippen molar-refractivity contribution in [1.82, 2.24) is 10.2 Å². The molecule has 2 unspecified atom stereocenters. The molecule has 0 amide bonds. The van der Waals surface area contributed by atoms with Crippen LogP contribution in [0.3, 0.4) is 0 Å². The molecule has 1 aliphatic heterocycles. The van der Waals surface area contributed by atoms with Crippen LogP contribution in [0, 0.1) is 5.92 Å². The molecule has 1 saturated carbocycles. The van der Waals surface area contributed by atoms with E-state index in [1.54, 1.807) is 0 Å². The van der Waals surface area contributed by atoms with Gasteiger partial charge in [0.25, 0.3) is 0 Å². The average molecular weight is 343 g/mol. The van der Waals surface area contributed by atoms with Gasteiger partial charge in [-0.3, -0.25) is 4.90 Å². The van der Waals surface area contributed by atoms with E-state index in [0.717, 1.165) is 18.5 Å². The minimum Gasteiger partial charge on any atom is -0.309 e. The minimum atomic E-state index is 0.292. The summed E-state index contributed by atoms with van der Waals surface area (Å²) in [6, 6.07) is 5.19. The molecule has 0 aromatic carbocycles. The van der Waals surface area contributed by atoms with E-state index in [1.165, 1.54) is 41.0 Å². The second-order valence-electron chi connectivity index (χ2n) is 6.31. The number of hydrogen-bond donors (Lipinski definition) is 1. The Morgan fingerprint density at radius 2 is 2.26 bits per heavy atom. The number of halogens is 1. The maximum Gasteiger partial charge on any atom is 0.0701 e. The van der Waals surface area contributed by atoms with E-state index in [2.05, 4.69) is 52.1 Å². The van der Waals surface area contributed by atoms with Crippen molar-refractivity contribution in [2.75, 3.05) is 13.1 Å². The number of nitrogens with one attached hydrogen (secondary N) is 1. The molecule has 1 aliphatic carbocycles.